The number of esters is 1. The minimum absolute atomic E-state index is 0.0338. The summed E-state index contributed by atoms with van der Waals surface area (Å²) in [5.74, 6) is -0.710. The Morgan fingerprint density at radius 2 is 2.12 bits per heavy atom. The average Bonchev–Trinajstić information content (AvgIpc) is 2.33. The third-order valence-corrected chi connectivity index (χ3v) is 2.53. The van der Waals surface area contributed by atoms with E-state index in [1.807, 2.05) is 0 Å². The van der Waals surface area contributed by atoms with Gasteiger partial charge in [-0.1, -0.05) is 0 Å². The molecule has 0 aliphatic carbocycles. The van der Waals surface area contributed by atoms with Crippen LogP contribution in [0.25, 0.3) is 11.0 Å². The number of phenolic OH excluding ortho intramolecular Hbond substituents is 1. The molecule has 1 heterocycles. The Labute approximate surface area is 96.2 Å². The normalized spacial score (nSPS) is 10.5. The van der Waals surface area contributed by atoms with E-state index in [0.29, 0.717) is 10.9 Å². The Morgan fingerprint density at radius 3 is 2.76 bits per heavy atom. The van der Waals surface area contributed by atoms with Gasteiger partial charge in [-0.05, 0) is 25.1 Å². The predicted octanol–water partition coefficient (Wildman–Crippen LogP) is 1.59. The van der Waals surface area contributed by atoms with Crippen molar-refractivity contribution in [3.05, 3.63) is 39.7 Å². The van der Waals surface area contributed by atoms with E-state index in [-0.39, 0.29) is 16.9 Å². The van der Waals surface area contributed by atoms with Gasteiger partial charge in [0.25, 0.3) is 0 Å². The van der Waals surface area contributed by atoms with Crippen LogP contribution in [0.4, 0.5) is 0 Å². The summed E-state index contributed by atoms with van der Waals surface area (Å²) >= 11 is 0. The highest BCUT2D eigenvalue weighted by molar-refractivity contribution is 5.93. The fraction of sp³-hybridized carbons (Fsp3) is 0.167. The van der Waals surface area contributed by atoms with Crippen LogP contribution in [0.1, 0.15) is 15.9 Å². The average molecular weight is 234 g/mol. The van der Waals surface area contributed by atoms with Crippen molar-refractivity contribution in [1.29, 1.82) is 0 Å². The number of ether oxygens (including phenoxy) is 1. The van der Waals surface area contributed by atoms with Crippen LogP contribution in [0.3, 0.4) is 0 Å². The van der Waals surface area contributed by atoms with Crippen LogP contribution in [-0.4, -0.2) is 18.2 Å². The first-order chi connectivity index (χ1) is 8.04. The molecule has 17 heavy (non-hydrogen) atoms. The Bertz CT molecular complexity index is 654. The summed E-state index contributed by atoms with van der Waals surface area (Å²) < 4.78 is 9.48. The number of fused-ring (bicyclic) bond motifs is 1. The van der Waals surface area contributed by atoms with Crippen molar-refractivity contribution in [2.24, 2.45) is 0 Å². The molecule has 1 aromatic carbocycles. The van der Waals surface area contributed by atoms with Gasteiger partial charge >= 0.3 is 11.6 Å². The van der Waals surface area contributed by atoms with Gasteiger partial charge in [0.05, 0.1) is 7.11 Å². The van der Waals surface area contributed by atoms with Gasteiger partial charge in [0.1, 0.15) is 16.9 Å². The first-order valence-electron chi connectivity index (χ1n) is 4.89. The molecule has 0 aliphatic heterocycles. The molecule has 0 saturated heterocycles. The molecule has 5 heteroatoms. The summed E-state index contributed by atoms with van der Waals surface area (Å²) in [6.45, 7) is 1.62. The molecule has 5 nitrogen and oxygen atoms in total. The van der Waals surface area contributed by atoms with E-state index < -0.39 is 11.6 Å². The molecule has 0 unspecified atom stereocenters. The Morgan fingerprint density at radius 1 is 1.41 bits per heavy atom. The fourth-order valence-electron chi connectivity index (χ4n) is 1.57. The van der Waals surface area contributed by atoms with Crippen LogP contribution in [0, 0.1) is 6.92 Å². The van der Waals surface area contributed by atoms with Crippen LogP contribution in [-0.2, 0) is 4.74 Å². The molecule has 0 atom stereocenters. The van der Waals surface area contributed by atoms with Crippen molar-refractivity contribution in [3.8, 4) is 5.75 Å². The van der Waals surface area contributed by atoms with E-state index in [4.69, 9.17) is 4.42 Å². The van der Waals surface area contributed by atoms with Gasteiger partial charge in [-0.2, -0.15) is 0 Å². The van der Waals surface area contributed by atoms with E-state index in [2.05, 4.69) is 4.74 Å². The summed E-state index contributed by atoms with van der Waals surface area (Å²) in [5.41, 5.74) is -0.221. The van der Waals surface area contributed by atoms with Crippen molar-refractivity contribution < 1.29 is 19.1 Å². The molecule has 0 bridgehead atoms. The monoisotopic (exact) mass is 234 g/mol. The molecule has 1 N–H and O–H groups in total. The van der Waals surface area contributed by atoms with Gasteiger partial charge < -0.3 is 14.3 Å². The number of phenols is 1. The van der Waals surface area contributed by atoms with Crippen LogP contribution >= 0.6 is 0 Å². The number of aryl methyl sites for hydroxylation is 1. The van der Waals surface area contributed by atoms with Crippen molar-refractivity contribution >= 4 is 16.9 Å². The number of carbonyl (C=O) groups is 1. The number of benzene rings is 1. The summed E-state index contributed by atoms with van der Waals surface area (Å²) in [4.78, 5) is 22.8. The number of methoxy groups -OCH3 is 1. The second kappa shape index (κ2) is 3.93. The SMILES string of the molecule is COC(=O)c1cc2ccc(O)c(C)c2oc1=O. The lowest BCUT2D eigenvalue weighted by atomic mass is 10.1. The Balaban J connectivity index is 2.80. The molecule has 0 saturated carbocycles. The third-order valence-electron chi connectivity index (χ3n) is 2.53. The Kier molecular flexibility index (Phi) is 2.59. The van der Waals surface area contributed by atoms with Gasteiger partial charge in [-0.15, -0.1) is 0 Å². The van der Waals surface area contributed by atoms with Crippen molar-refractivity contribution in [2.45, 2.75) is 6.92 Å². The van der Waals surface area contributed by atoms with Crippen LogP contribution in [0.2, 0.25) is 0 Å². The number of aromatic hydroxyl groups is 1. The van der Waals surface area contributed by atoms with Crippen molar-refractivity contribution in [3.63, 3.8) is 0 Å². The summed E-state index contributed by atoms with van der Waals surface area (Å²) in [6, 6.07) is 4.42. The van der Waals surface area contributed by atoms with Crippen LogP contribution < -0.4 is 5.63 Å². The third kappa shape index (κ3) is 1.75. The molecule has 0 aliphatic rings. The number of hydrogen-bond donors (Lipinski definition) is 1. The van der Waals surface area contributed by atoms with E-state index in [1.54, 1.807) is 13.0 Å². The largest absolute Gasteiger partial charge is 0.508 e. The van der Waals surface area contributed by atoms with E-state index in [0.717, 1.165) is 0 Å². The first-order valence-corrected chi connectivity index (χ1v) is 4.89. The molecular formula is C12H10O5. The van der Waals surface area contributed by atoms with Gasteiger partial charge in [-0.25, -0.2) is 9.59 Å². The smallest absolute Gasteiger partial charge is 0.351 e. The van der Waals surface area contributed by atoms with Gasteiger partial charge in [-0.3, -0.25) is 0 Å². The van der Waals surface area contributed by atoms with E-state index in [9.17, 15) is 14.7 Å². The fourth-order valence-corrected chi connectivity index (χ4v) is 1.57. The minimum atomic E-state index is -0.780. The molecule has 0 fully saturated rings. The quantitative estimate of drug-likeness (QED) is 0.599. The zero-order valence-corrected chi connectivity index (χ0v) is 9.31. The van der Waals surface area contributed by atoms with Crippen LogP contribution in [0.5, 0.6) is 5.75 Å². The maximum absolute atomic E-state index is 11.5. The number of hydrogen-bond acceptors (Lipinski definition) is 5. The van der Waals surface area contributed by atoms with E-state index >= 15 is 0 Å². The standard InChI is InChI=1S/C12H10O5/c1-6-9(13)4-3-7-5-8(11(14)16-2)12(15)17-10(6)7/h3-5,13H,1-2H3. The highest BCUT2D eigenvalue weighted by atomic mass is 16.5. The minimum Gasteiger partial charge on any atom is -0.508 e. The zero-order chi connectivity index (χ0) is 12.6. The topological polar surface area (TPSA) is 76.7 Å². The molecule has 2 aromatic rings. The maximum atomic E-state index is 11.5. The maximum Gasteiger partial charge on any atom is 0.351 e. The Hall–Kier alpha value is -2.30. The molecule has 1 aromatic heterocycles. The molecule has 0 radical (unpaired) electrons. The molecular weight excluding hydrogens is 224 g/mol. The summed E-state index contributed by atoms with van der Waals surface area (Å²) in [7, 11) is 1.19. The van der Waals surface area contributed by atoms with E-state index in [1.165, 1.54) is 19.2 Å². The molecule has 2 rings (SSSR count). The molecule has 88 valence electrons. The summed E-state index contributed by atoms with van der Waals surface area (Å²) in [6.07, 6.45) is 0. The lowest BCUT2D eigenvalue weighted by molar-refractivity contribution is 0.0596. The highest BCUT2D eigenvalue weighted by Gasteiger charge is 2.15. The highest BCUT2D eigenvalue weighted by Crippen LogP contribution is 2.25. The number of rotatable bonds is 1. The van der Waals surface area contributed by atoms with Crippen molar-refractivity contribution in [1.82, 2.24) is 0 Å². The lowest BCUT2D eigenvalue weighted by Crippen LogP contribution is -2.15. The van der Waals surface area contributed by atoms with Crippen molar-refractivity contribution in [2.75, 3.05) is 7.11 Å². The lowest BCUT2D eigenvalue weighted by Gasteiger charge is -2.04. The zero-order valence-electron chi connectivity index (χ0n) is 9.31. The van der Waals surface area contributed by atoms with Gasteiger partial charge in [0, 0.05) is 10.9 Å². The molecule has 0 amide bonds. The van der Waals surface area contributed by atoms with Crippen LogP contribution in [0.15, 0.2) is 27.4 Å². The molecule has 0 spiro atoms. The number of carbonyl (C=O) groups excluding carboxylic acids is 1. The van der Waals surface area contributed by atoms with Gasteiger partial charge in [0.15, 0.2) is 0 Å². The second-order valence-corrected chi connectivity index (χ2v) is 3.57. The second-order valence-electron chi connectivity index (χ2n) is 3.57. The predicted molar refractivity (Wildman–Crippen MR) is 60.2 cm³/mol. The first kappa shape index (κ1) is 11.2. The summed E-state index contributed by atoms with van der Waals surface area (Å²) in [5, 5.41) is 10.0. The van der Waals surface area contributed by atoms with Gasteiger partial charge in [0.2, 0.25) is 0 Å².